The topological polar surface area (TPSA) is 50.5 Å². The molecule has 2 heterocycles. The maximum absolute atomic E-state index is 12.8. The van der Waals surface area contributed by atoms with Crippen molar-refractivity contribution in [3.8, 4) is 5.75 Å². The average molecular weight is 614 g/mol. The lowest BCUT2D eigenvalue weighted by atomic mass is 9.91. The summed E-state index contributed by atoms with van der Waals surface area (Å²) >= 11 is 0. The van der Waals surface area contributed by atoms with Gasteiger partial charge in [-0.25, -0.2) is 4.39 Å². The van der Waals surface area contributed by atoms with Crippen LogP contribution in [0.15, 0.2) is 40.6 Å². The van der Waals surface area contributed by atoms with Crippen molar-refractivity contribution in [2.45, 2.75) is 131 Å². The lowest BCUT2D eigenvalue weighted by Crippen LogP contribution is -2.29. The van der Waals surface area contributed by atoms with Gasteiger partial charge in [-0.15, -0.1) is 13.2 Å². The van der Waals surface area contributed by atoms with Gasteiger partial charge in [0.05, 0.1) is 5.69 Å². The largest absolute Gasteiger partial charge is 0.573 e. The number of likely N-dealkylation sites (tertiary alicyclic amines) is 1. The zero-order valence-corrected chi connectivity index (χ0v) is 27.3. The van der Waals surface area contributed by atoms with Crippen molar-refractivity contribution in [3.05, 3.63) is 53.1 Å². The summed E-state index contributed by atoms with van der Waals surface area (Å²) in [5.41, 5.74) is 3.29. The SMILES string of the molecule is CCC.CCCCCCC.CCCNc1cc(C2CCN(C=C3CCC3)CC2)no1.Cc1ccc(OC(F)(F)F)c(F)c1. The smallest absolute Gasteiger partial charge is 0.403 e. The van der Waals surface area contributed by atoms with Crippen molar-refractivity contribution in [2.24, 2.45) is 0 Å². The minimum Gasteiger partial charge on any atom is -0.403 e. The van der Waals surface area contributed by atoms with Crippen molar-refractivity contribution in [2.75, 3.05) is 25.0 Å². The number of ether oxygens (including phenoxy) is 1. The molecule has 0 atom stereocenters. The monoisotopic (exact) mass is 613 g/mol. The van der Waals surface area contributed by atoms with Crippen molar-refractivity contribution in [1.29, 1.82) is 0 Å². The maximum Gasteiger partial charge on any atom is 0.573 e. The number of anilines is 1. The molecule has 4 rings (SSSR count). The molecule has 5 nitrogen and oxygen atoms in total. The van der Waals surface area contributed by atoms with E-state index in [9.17, 15) is 17.6 Å². The number of aromatic nitrogens is 1. The summed E-state index contributed by atoms with van der Waals surface area (Å²) in [5, 5.41) is 7.49. The van der Waals surface area contributed by atoms with Crippen molar-refractivity contribution in [3.63, 3.8) is 0 Å². The van der Waals surface area contributed by atoms with Crippen molar-refractivity contribution < 1.29 is 26.8 Å². The van der Waals surface area contributed by atoms with Gasteiger partial charge < -0.3 is 19.5 Å². The number of halogens is 4. The Morgan fingerprint density at radius 1 is 0.977 bits per heavy atom. The first-order valence-corrected chi connectivity index (χ1v) is 16.2. The summed E-state index contributed by atoms with van der Waals surface area (Å²) in [6.45, 7) is 15.7. The highest BCUT2D eigenvalue weighted by atomic mass is 19.4. The molecule has 1 aromatic heterocycles. The molecule has 1 saturated carbocycles. The molecule has 2 aromatic rings. The second kappa shape index (κ2) is 21.9. The Morgan fingerprint density at radius 2 is 1.60 bits per heavy atom. The van der Waals surface area contributed by atoms with Gasteiger partial charge in [0.2, 0.25) is 5.88 Å². The number of piperidine rings is 1. The molecule has 246 valence electrons. The molecule has 0 spiro atoms. The first-order chi connectivity index (χ1) is 20.6. The molecule has 1 aromatic carbocycles. The number of nitrogens with zero attached hydrogens (tertiary/aromatic N) is 2. The normalized spacial score (nSPS) is 14.7. The number of nitrogens with one attached hydrogen (secondary N) is 1. The maximum atomic E-state index is 12.8. The fourth-order valence-electron chi connectivity index (χ4n) is 4.40. The molecule has 2 aliphatic rings. The Morgan fingerprint density at radius 3 is 2.09 bits per heavy atom. The van der Waals surface area contributed by atoms with Crippen LogP contribution in [-0.4, -0.2) is 36.1 Å². The molecule has 1 aliphatic carbocycles. The number of allylic oxidation sites excluding steroid dienone is 1. The minimum absolute atomic E-state index is 0.534. The Kier molecular flexibility index (Phi) is 19.5. The third-order valence-electron chi connectivity index (χ3n) is 6.91. The predicted molar refractivity (Wildman–Crippen MR) is 169 cm³/mol. The first-order valence-electron chi connectivity index (χ1n) is 16.2. The van der Waals surface area contributed by atoms with Crippen LogP contribution in [0.2, 0.25) is 0 Å². The van der Waals surface area contributed by atoms with Crippen LogP contribution in [0.1, 0.15) is 129 Å². The van der Waals surface area contributed by atoms with E-state index in [1.54, 1.807) is 12.5 Å². The zero-order chi connectivity index (χ0) is 32.1. The number of benzene rings is 1. The van der Waals surface area contributed by atoms with Gasteiger partial charge in [-0.2, -0.15) is 0 Å². The molecule has 0 radical (unpaired) electrons. The highest BCUT2D eigenvalue weighted by molar-refractivity contribution is 5.33. The first kappa shape index (κ1) is 38.3. The summed E-state index contributed by atoms with van der Waals surface area (Å²) in [5.74, 6) is -0.441. The second-order valence-electron chi connectivity index (χ2n) is 11.2. The standard InChI is InChI=1S/C16H25N3O.C8H6F4O.C7H16.C3H8/c1-2-8-17-16-11-15(18-20-16)14-6-9-19(10-7-14)12-13-4-3-5-13;1-5-2-3-7(6(9)4-5)13-8(10,11)12;1-3-5-7-6-4-2;1-3-2/h11-12,14,17H,2-10H2,1H3;2-4H,1H3;3-7H2,1-2H3;3H2,1-2H3. The van der Waals surface area contributed by atoms with Crippen LogP contribution in [0.4, 0.5) is 23.4 Å². The molecule has 0 unspecified atom stereocenters. The van der Waals surface area contributed by atoms with Crippen LogP contribution in [0.25, 0.3) is 0 Å². The lowest BCUT2D eigenvalue weighted by Gasteiger charge is -2.32. The Bertz CT molecular complexity index is 1010. The minimum atomic E-state index is -4.85. The van der Waals surface area contributed by atoms with Crippen LogP contribution < -0.4 is 10.1 Å². The van der Waals surface area contributed by atoms with E-state index < -0.39 is 17.9 Å². The molecule has 0 amide bonds. The van der Waals surface area contributed by atoms with Gasteiger partial charge in [0, 0.05) is 31.6 Å². The fourth-order valence-corrected chi connectivity index (χ4v) is 4.40. The molecule has 9 heteroatoms. The fraction of sp³-hybridized carbons (Fsp3) is 0.676. The van der Waals surface area contributed by atoms with E-state index in [1.807, 2.05) is 0 Å². The lowest BCUT2D eigenvalue weighted by molar-refractivity contribution is -0.275. The predicted octanol–water partition coefficient (Wildman–Crippen LogP) is 11.2. The van der Waals surface area contributed by atoms with Crippen LogP contribution in [0.5, 0.6) is 5.75 Å². The van der Waals surface area contributed by atoms with E-state index in [2.05, 4.69) is 67.0 Å². The molecule has 1 N–H and O–H groups in total. The number of aryl methyl sites for hydroxylation is 1. The molecule has 1 saturated heterocycles. The van der Waals surface area contributed by atoms with E-state index in [4.69, 9.17) is 4.52 Å². The van der Waals surface area contributed by atoms with Gasteiger partial charge in [0.1, 0.15) is 0 Å². The van der Waals surface area contributed by atoms with Gasteiger partial charge in [-0.3, -0.25) is 0 Å². The number of hydrogen-bond acceptors (Lipinski definition) is 5. The summed E-state index contributed by atoms with van der Waals surface area (Å²) < 4.78 is 56.4. The van der Waals surface area contributed by atoms with Crippen molar-refractivity contribution in [1.82, 2.24) is 10.1 Å². The Hall–Kier alpha value is -2.71. The number of hydrogen-bond donors (Lipinski definition) is 1. The van der Waals surface area contributed by atoms with Crippen LogP contribution in [0.3, 0.4) is 0 Å². The van der Waals surface area contributed by atoms with E-state index in [1.165, 1.54) is 76.7 Å². The number of unbranched alkanes of at least 4 members (excludes halogenated alkanes) is 4. The third-order valence-corrected chi connectivity index (χ3v) is 6.91. The zero-order valence-electron chi connectivity index (χ0n) is 27.3. The van der Waals surface area contributed by atoms with Crippen LogP contribution in [-0.2, 0) is 0 Å². The van der Waals surface area contributed by atoms with E-state index in [-0.39, 0.29) is 0 Å². The molecule has 1 aliphatic heterocycles. The quantitative estimate of drug-likeness (QED) is 0.213. The third kappa shape index (κ3) is 17.2. The molecular weight excluding hydrogens is 558 g/mol. The summed E-state index contributed by atoms with van der Waals surface area (Å²) in [6, 6.07) is 5.34. The van der Waals surface area contributed by atoms with Gasteiger partial charge in [0.15, 0.2) is 11.6 Å². The summed E-state index contributed by atoms with van der Waals surface area (Å²) in [4.78, 5) is 2.49. The van der Waals surface area contributed by atoms with Crippen molar-refractivity contribution >= 4 is 5.88 Å². The Balaban J connectivity index is 0.000000345. The van der Waals surface area contributed by atoms with Gasteiger partial charge >= 0.3 is 6.36 Å². The van der Waals surface area contributed by atoms with E-state index in [0.29, 0.717) is 11.5 Å². The molecule has 0 bridgehead atoms. The van der Waals surface area contributed by atoms with Gasteiger partial charge in [-0.05, 0) is 69.3 Å². The van der Waals surface area contributed by atoms with Crippen LogP contribution >= 0.6 is 0 Å². The molecule has 43 heavy (non-hydrogen) atoms. The van der Waals surface area contributed by atoms with E-state index in [0.717, 1.165) is 49.8 Å². The Labute approximate surface area is 257 Å². The number of alkyl halides is 3. The summed E-state index contributed by atoms with van der Waals surface area (Å²) in [6.07, 6.45) is 13.3. The second-order valence-corrected chi connectivity index (χ2v) is 11.2. The highest BCUT2D eigenvalue weighted by Crippen LogP contribution is 2.31. The molecule has 2 fully saturated rings. The van der Waals surface area contributed by atoms with Crippen LogP contribution in [0, 0.1) is 12.7 Å². The molecular formula is C34H55F4N3O2. The number of rotatable bonds is 10. The highest BCUT2D eigenvalue weighted by Gasteiger charge is 2.32. The average Bonchev–Trinajstić information content (AvgIpc) is 3.41. The van der Waals surface area contributed by atoms with Gasteiger partial charge in [-0.1, -0.05) is 89.9 Å². The summed E-state index contributed by atoms with van der Waals surface area (Å²) in [7, 11) is 0. The van der Waals surface area contributed by atoms with Gasteiger partial charge in [0.25, 0.3) is 0 Å². The van der Waals surface area contributed by atoms with E-state index >= 15 is 0 Å².